The minimum Gasteiger partial charge on any atom is -0.380 e. The molecule has 2 heterocycles. The van der Waals surface area contributed by atoms with Crippen LogP contribution < -0.4 is 5.32 Å². The van der Waals surface area contributed by atoms with Crippen molar-refractivity contribution < 1.29 is 4.79 Å². The number of likely N-dealkylation sites (N-methyl/N-ethyl adjacent to an activating group) is 1. The monoisotopic (exact) mass is 263 g/mol. The molecule has 1 saturated heterocycles. The highest BCUT2D eigenvalue weighted by molar-refractivity contribution is 5.77. The van der Waals surface area contributed by atoms with E-state index in [0.717, 1.165) is 31.6 Å². The number of nitrogens with zero attached hydrogens (tertiary/aromatic N) is 4. The summed E-state index contributed by atoms with van der Waals surface area (Å²) in [6.45, 7) is 2.42. The van der Waals surface area contributed by atoms with E-state index >= 15 is 0 Å². The lowest BCUT2D eigenvalue weighted by molar-refractivity contribution is -0.130. The second-order valence-corrected chi connectivity index (χ2v) is 5.11. The molecule has 19 heavy (non-hydrogen) atoms. The summed E-state index contributed by atoms with van der Waals surface area (Å²) in [6, 6.07) is 0.441. The number of amides is 1. The predicted octanol–water partition coefficient (Wildman–Crippen LogP) is 0.441. The molecule has 6 heteroatoms. The molecule has 1 aliphatic rings. The average Bonchev–Trinajstić information content (AvgIpc) is 2.42. The Morgan fingerprint density at radius 2 is 2.00 bits per heavy atom. The molecule has 0 saturated carbocycles. The van der Waals surface area contributed by atoms with Crippen LogP contribution in [0.2, 0.25) is 0 Å². The molecular weight excluding hydrogens is 242 g/mol. The van der Waals surface area contributed by atoms with E-state index in [1.807, 2.05) is 0 Å². The highest BCUT2D eigenvalue weighted by Crippen LogP contribution is 2.15. The number of hydrogen-bond acceptors (Lipinski definition) is 5. The predicted molar refractivity (Wildman–Crippen MR) is 73.8 cm³/mol. The third-order valence-electron chi connectivity index (χ3n) is 3.38. The van der Waals surface area contributed by atoms with Gasteiger partial charge in [-0.25, -0.2) is 9.97 Å². The molecule has 6 nitrogen and oxygen atoms in total. The largest absolute Gasteiger partial charge is 0.380 e. The van der Waals surface area contributed by atoms with Gasteiger partial charge < -0.3 is 10.2 Å². The minimum atomic E-state index is 0.169. The first-order valence-electron chi connectivity index (χ1n) is 6.59. The Morgan fingerprint density at radius 1 is 1.37 bits per heavy atom. The summed E-state index contributed by atoms with van der Waals surface area (Å²) in [4.78, 5) is 23.5. The van der Waals surface area contributed by atoms with Crippen molar-refractivity contribution in [1.29, 1.82) is 0 Å². The number of hydrogen-bond donors (Lipinski definition) is 1. The third kappa shape index (κ3) is 4.17. The molecule has 1 aliphatic heterocycles. The standard InChI is InChI=1S/C13H21N5O/c1-17(2)13(19)9-18-5-3-11(4-6-18)16-12-7-14-10-15-8-12/h7-8,10-11,16H,3-6,9H2,1-2H3. The molecule has 0 spiro atoms. The maximum absolute atomic E-state index is 11.6. The van der Waals surface area contributed by atoms with Crippen molar-refractivity contribution in [1.82, 2.24) is 19.8 Å². The first kappa shape index (κ1) is 13.7. The summed E-state index contributed by atoms with van der Waals surface area (Å²) < 4.78 is 0. The number of carbonyl (C=O) groups is 1. The molecular formula is C13H21N5O. The van der Waals surface area contributed by atoms with E-state index in [2.05, 4.69) is 20.2 Å². The van der Waals surface area contributed by atoms with E-state index < -0.39 is 0 Å². The summed E-state index contributed by atoms with van der Waals surface area (Å²) in [6.07, 6.45) is 7.18. The highest BCUT2D eigenvalue weighted by Gasteiger charge is 2.21. The quantitative estimate of drug-likeness (QED) is 0.854. The van der Waals surface area contributed by atoms with Crippen molar-refractivity contribution in [3.8, 4) is 0 Å². The Hall–Kier alpha value is -1.69. The van der Waals surface area contributed by atoms with Crippen LogP contribution in [-0.4, -0.2) is 65.4 Å². The van der Waals surface area contributed by atoms with E-state index in [4.69, 9.17) is 0 Å². The zero-order valence-electron chi connectivity index (χ0n) is 11.5. The van der Waals surface area contributed by atoms with Crippen LogP contribution in [-0.2, 0) is 4.79 Å². The van der Waals surface area contributed by atoms with Crippen LogP contribution in [0, 0.1) is 0 Å². The van der Waals surface area contributed by atoms with Gasteiger partial charge >= 0.3 is 0 Å². The molecule has 0 radical (unpaired) electrons. The number of piperidine rings is 1. The van der Waals surface area contributed by atoms with Crippen molar-refractivity contribution in [3.05, 3.63) is 18.7 Å². The first-order chi connectivity index (χ1) is 9.15. The van der Waals surface area contributed by atoms with Gasteiger partial charge in [-0.05, 0) is 12.8 Å². The van der Waals surface area contributed by atoms with Crippen molar-refractivity contribution in [2.45, 2.75) is 18.9 Å². The third-order valence-corrected chi connectivity index (χ3v) is 3.38. The molecule has 1 N–H and O–H groups in total. The Morgan fingerprint density at radius 3 is 2.58 bits per heavy atom. The van der Waals surface area contributed by atoms with Gasteiger partial charge in [-0.1, -0.05) is 0 Å². The van der Waals surface area contributed by atoms with Crippen LogP contribution in [0.25, 0.3) is 0 Å². The van der Waals surface area contributed by atoms with Gasteiger partial charge in [-0.3, -0.25) is 9.69 Å². The second-order valence-electron chi connectivity index (χ2n) is 5.11. The van der Waals surface area contributed by atoms with Crippen LogP contribution in [0.5, 0.6) is 0 Å². The maximum Gasteiger partial charge on any atom is 0.236 e. The Balaban J connectivity index is 1.75. The molecule has 1 aromatic heterocycles. The fourth-order valence-electron chi connectivity index (χ4n) is 2.18. The Labute approximate surface area is 113 Å². The van der Waals surface area contributed by atoms with Gasteiger partial charge in [0.2, 0.25) is 5.91 Å². The maximum atomic E-state index is 11.6. The van der Waals surface area contributed by atoms with Crippen LogP contribution in [0.3, 0.4) is 0 Å². The Kier molecular flexibility index (Phi) is 4.68. The Bertz CT molecular complexity index is 401. The van der Waals surface area contributed by atoms with Gasteiger partial charge in [0.25, 0.3) is 0 Å². The molecule has 0 atom stereocenters. The van der Waals surface area contributed by atoms with E-state index in [1.54, 1.807) is 31.4 Å². The SMILES string of the molecule is CN(C)C(=O)CN1CCC(Nc2cncnc2)CC1. The number of rotatable bonds is 4. The molecule has 2 rings (SSSR count). The first-order valence-corrected chi connectivity index (χ1v) is 6.59. The molecule has 1 fully saturated rings. The molecule has 0 bridgehead atoms. The second kappa shape index (κ2) is 6.47. The number of aromatic nitrogens is 2. The van der Waals surface area contributed by atoms with Gasteiger partial charge in [0, 0.05) is 33.2 Å². The smallest absolute Gasteiger partial charge is 0.236 e. The minimum absolute atomic E-state index is 0.169. The van der Waals surface area contributed by atoms with Gasteiger partial charge in [0.1, 0.15) is 6.33 Å². The van der Waals surface area contributed by atoms with Crippen molar-refractivity contribution in [3.63, 3.8) is 0 Å². The zero-order chi connectivity index (χ0) is 13.7. The lowest BCUT2D eigenvalue weighted by Crippen LogP contribution is -2.43. The molecule has 0 aromatic carbocycles. The van der Waals surface area contributed by atoms with Crippen molar-refractivity contribution in [2.24, 2.45) is 0 Å². The summed E-state index contributed by atoms with van der Waals surface area (Å²) in [5.41, 5.74) is 0.963. The molecule has 0 aliphatic carbocycles. The molecule has 104 valence electrons. The number of carbonyl (C=O) groups excluding carboxylic acids is 1. The van der Waals surface area contributed by atoms with Crippen LogP contribution in [0.4, 0.5) is 5.69 Å². The summed E-state index contributed by atoms with van der Waals surface area (Å²) in [5, 5.41) is 3.43. The van der Waals surface area contributed by atoms with Crippen LogP contribution in [0.15, 0.2) is 18.7 Å². The number of anilines is 1. The normalized spacial score (nSPS) is 17.2. The molecule has 0 unspecified atom stereocenters. The topological polar surface area (TPSA) is 61.4 Å². The average molecular weight is 263 g/mol. The number of likely N-dealkylation sites (tertiary alicyclic amines) is 1. The van der Waals surface area contributed by atoms with Crippen LogP contribution >= 0.6 is 0 Å². The van der Waals surface area contributed by atoms with E-state index in [1.165, 1.54) is 6.33 Å². The van der Waals surface area contributed by atoms with Gasteiger partial charge in [0.15, 0.2) is 0 Å². The lowest BCUT2D eigenvalue weighted by atomic mass is 10.0. The summed E-state index contributed by atoms with van der Waals surface area (Å²) in [5.74, 6) is 0.169. The van der Waals surface area contributed by atoms with Crippen LogP contribution in [0.1, 0.15) is 12.8 Å². The summed E-state index contributed by atoms with van der Waals surface area (Å²) in [7, 11) is 3.60. The van der Waals surface area contributed by atoms with Gasteiger partial charge in [-0.2, -0.15) is 0 Å². The summed E-state index contributed by atoms with van der Waals surface area (Å²) >= 11 is 0. The fraction of sp³-hybridized carbons (Fsp3) is 0.615. The van der Waals surface area contributed by atoms with Gasteiger partial charge in [-0.15, -0.1) is 0 Å². The zero-order valence-corrected chi connectivity index (χ0v) is 11.5. The molecule has 1 amide bonds. The lowest BCUT2D eigenvalue weighted by Gasteiger charge is -2.32. The van der Waals surface area contributed by atoms with Crippen molar-refractivity contribution in [2.75, 3.05) is 39.0 Å². The highest BCUT2D eigenvalue weighted by atomic mass is 16.2. The fourth-order valence-corrected chi connectivity index (χ4v) is 2.18. The van der Waals surface area contributed by atoms with E-state index in [-0.39, 0.29) is 5.91 Å². The van der Waals surface area contributed by atoms with Gasteiger partial charge in [0.05, 0.1) is 24.6 Å². The van der Waals surface area contributed by atoms with E-state index in [9.17, 15) is 4.79 Å². The van der Waals surface area contributed by atoms with E-state index in [0.29, 0.717) is 12.6 Å². The van der Waals surface area contributed by atoms with Crippen molar-refractivity contribution >= 4 is 11.6 Å². The molecule has 1 aromatic rings. The number of nitrogens with one attached hydrogen (secondary N) is 1.